The van der Waals surface area contributed by atoms with Gasteiger partial charge < -0.3 is 24.6 Å². The van der Waals surface area contributed by atoms with Gasteiger partial charge in [-0.1, -0.05) is 43.3 Å². The summed E-state index contributed by atoms with van der Waals surface area (Å²) in [4.78, 5) is 44.1. The van der Waals surface area contributed by atoms with Gasteiger partial charge >= 0.3 is 6.03 Å². The monoisotopic (exact) mass is 539 g/mol. The number of nitrogens with zero attached hydrogens (tertiary/aromatic N) is 4. The zero-order chi connectivity index (χ0) is 26.6. The molecule has 11 heteroatoms. The molecule has 0 radical (unpaired) electrons. The van der Waals surface area contributed by atoms with Crippen molar-refractivity contribution in [2.24, 2.45) is 0 Å². The van der Waals surface area contributed by atoms with Gasteiger partial charge in [0.1, 0.15) is 12.2 Å². The first kappa shape index (κ1) is 26.2. The third-order valence-electron chi connectivity index (χ3n) is 7.10. The van der Waals surface area contributed by atoms with Gasteiger partial charge in [-0.25, -0.2) is 14.8 Å². The van der Waals surface area contributed by atoms with Crippen molar-refractivity contribution < 1.29 is 23.9 Å². The number of fused-ring (bicyclic) bond motifs is 2. The summed E-state index contributed by atoms with van der Waals surface area (Å²) < 4.78 is 10.9. The molecular formula is C27H33N5O5S. The van der Waals surface area contributed by atoms with E-state index in [9.17, 15) is 14.4 Å². The molecule has 1 N–H and O–H groups in total. The Morgan fingerprint density at radius 3 is 2.63 bits per heavy atom. The predicted molar refractivity (Wildman–Crippen MR) is 143 cm³/mol. The van der Waals surface area contributed by atoms with Crippen molar-refractivity contribution in [1.82, 2.24) is 25.1 Å². The van der Waals surface area contributed by atoms with Crippen LogP contribution in [-0.2, 0) is 22.7 Å². The lowest BCUT2D eigenvalue weighted by atomic mass is 10.0. The van der Waals surface area contributed by atoms with Crippen molar-refractivity contribution in [3.63, 3.8) is 0 Å². The first-order chi connectivity index (χ1) is 18.5. The second kappa shape index (κ2) is 11.5. The van der Waals surface area contributed by atoms with E-state index in [-0.39, 0.29) is 37.7 Å². The maximum absolute atomic E-state index is 13.7. The summed E-state index contributed by atoms with van der Waals surface area (Å²) in [6.45, 7) is 3.56. The third kappa shape index (κ3) is 5.25. The molecule has 0 bridgehead atoms. The van der Waals surface area contributed by atoms with Crippen LogP contribution in [0.4, 0.5) is 4.79 Å². The molecule has 0 aliphatic carbocycles. The molecule has 4 amide bonds. The van der Waals surface area contributed by atoms with Gasteiger partial charge in [0.15, 0.2) is 11.5 Å². The topological polar surface area (TPSA) is 94.7 Å². The van der Waals surface area contributed by atoms with Crippen LogP contribution in [0, 0.1) is 0 Å². The first-order valence-corrected chi connectivity index (χ1v) is 14.2. The summed E-state index contributed by atoms with van der Waals surface area (Å²) in [7, 11) is 0. The molecule has 10 nitrogen and oxygen atoms in total. The Morgan fingerprint density at radius 1 is 1.08 bits per heavy atom. The van der Waals surface area contributed by atoms with E-state index >= 15 is 0 Å². The molecule has 2 atom stereocenters. The number of rotatable bonds is 8. The van der Waals surface area contributed by atoms with E-state index in [1.165, 1.54) is 0 Å². The van der Waals surface area contributed by atoms with Crippen LogP contribution in [0.2, 0.25) is 0 Å². The number of nitrogens with one attached hydrogen (secondary N) is 1. The van der Waals surface area contributed by atoms with E-state index in [2.05, 4.69) is 5.32 Å². The summed E-state index contributed by atoms with van der Waals surface area (Å²) in [5.74, 6) is 1.82. The van der Waals surface area contributed by atoms with E-state index < -0.39 is 12.2 Å². The zero-order valence-electron chi connectivity index (χ0n) is 21.7. The number of hydrogen-bond donors (Lipinski definition) is 1. The molecule has 5 rings (SSSR count). The van der Waals surface area contributed by atoms with Crippen LogP contribution in [0.5, 0.6) is 11.5 Å². The lowest BCUT2D eigenvalue weighted by Crippen LogP contribution is -2.76. The van der Waals surface area contributed by atoms with Crippen molar-refractivity contribution in [2.75, 3.05) is 38.4 Å². The highest BCUT2D eigenvalue weighted by atomic mass is 32.2. The maximum atomic E-state index is 13.7. The van der Waals surface area contributed by atoms with E-state index in [1.54, 1.807) is 31.6 Å². The van der Waals surface area contributed by atoms with Gasteiger partial charge in [-0.2, -0.15) is 11.8 Å². The van der Waals surface area contributed by atoms with Gasteiger partial charge in [0.2, 0.25) is 18.6 Å². The number of urea groups is 1. The molecule has 2 fully saturated rings. The van der Waals surface area contributed by atoms with Crippen LogP contribution < -0.4 is 14.8 Å². The summed E-state index contributed by atoms with van der Waals surface area (Å²) in [6.07, 6.45) is 1.89. The number of carbonyl (C=O) groups is 3. The number of hydrogen-bond acceptors (Lipinski definition) is 7. The highest BCUT2D eigenvalue weighted by Crippen LogP contribution is 2.34. The molecule has 2 aromatic rings. The number of hydrazine groups is 1. The fraction of sp³-hybridized carbons (Fsp3) is 0.444. The highest BCUT2D eigenvalue weighted by molar-refractivity contribution is 7.98. The second-order valence-electron chi connectivity index (χ2n) is 9.45. The zero-order valence-corrected chi connectivity index (χ0v) is 22.5. The summed E-state index contributed by atoms with van der Waals surface area (Å²) >= 11 is 1.63. The molecule has 3 heterocycles. The molecular weight excluding hydrogens is 506 g/mol. The number of benzene rings is 2. The largest absolute Gasteiger partial charge is 0.454 e. The summed E-state index contributed by atoms with van der Waals surface area (Å²) in [5.41, 5.74) is 1.88. The van der Waals surface area contributed by atoms with Crippen LogP contribution in [-0.4, -0.2) is 88.3 Å². The molecule has 3 aliphatic rings. The number of ether oxygens (including phenoxy) is 2. The van der Waals surface area contributed by atoms with Crippen molar-refractivity contribution in [2.45, 2.75) is 38.6 Å². The van der Waals surface area contributed by atoms with E-state index in [1.807, 2.05) is 61.7 Å². The Balaban J connectivity index is 1.42. The minimum atomic E-state index is -0.633. The minimum Gasteiger partial charge on any atom is -0.454 e. The van der Waals surface area contributed by atoms with Gasteiger partial charge in [-0.3, -0.25) is 9.59 Å². The second-order valence-corrected chi connectivity index (χ2v) is 10.4. The highest BCUT2D eigenvalue weighted by Gasteiger charge is 2.50. The van der Waals surface area contributed by atoms with Crippen LogP contribution in [0.15, 0.2) is 48.5 Å². The Kier molecular flexibility index (Phi) is 7.94. The third-order valence-corrected chi connectivity index (χ3v) is 7.74. The standard InChI is InChI=1S/C27H33N5O5S/c1-3-30-17-25(33)31-21(11-12-38-2)26(34)29(15-20-9-10-22-23(13-20)37-18-36-22)16-24(31)32(30)27(35)28-14-19-7-5-4-6-8-19/h4-10,13,21,24H,3,11-12,14-18H2,1-2H3,(H,28,35)/t21-,24-/m0/s1. The quantitative estimate of drug-likeness (QED) is 0.551. The van der Waals surface area contributed by atoms with Crippen molar-refractivity contribution in [1.29, 1.82) is 0 Å². The number of amides is 4. The number of likely N-dealkylation sites (N-methyl/N-ethyl adjacent to an activating group) is 1. The predicted octanol–water partition coefficient (Wildman–Crippen LogP) is 2.50. The van der Waals surface area contributed by atoms with Gasteiger partial charge in [-0.05, 0) is 41.7 Å². The molecule has 202 valence electrons. The summed E-state index contributed by atoms with van der Waals surface area (Å²) in [6, 6.07) is 14.4. The lowest BCUT2D eigenvalue weighted by Gasteiger charge is -2.55. The summed E-state index contributed by atoms with van der Waals surface area (Å²) in [5, 5.41) is 6.41. The number of piperazine rings is 1. The Hall–Kier alpha value is -3.44. The van der Waals surface area contributed by atoms with Crippen LogP contribution in [0.3, 0.4) is 0 Å². The average molecular weight is 540 g/mol. The van der Waals surface area contributed by atoms with Crippen LogP contribution in [0.25, 0.3) is 0 Å². The molecule has 38 heavy (non-hydrogen) atoms. The van der Waals surface area contributed by atoms with Gasteiger partial charge in [0.05, 0.1) is 13.1 Å². The number of thioether (sulfide) groups is 1. The molecule has 0 aromatic heterocycles. The smallest absolute Gasteiger partial charge is 0.334 e. The fourth-order valence-corrected chi connectivity index (χ4v) is 5.69. The molecule has 2 aromatic carbocycles. The molecule has 3 aliphatic heterocycles. The molecule has 0 saturated carbocycles. The Morgan fingerprint density at radius 2 is 1.87 bits per heavy atom. The van der Waals surface area contributed by atoms with Gasteiger partial charge in [-0.15, -0.1) is 0 Å². The Labute approximate surface area is 226 Å². The molecule has 0 unspecified atom stereocenters. The first-order valence-electron chi connectivity index (χ1n) is 12.8. The van der Waals surface area contributed by atoms with Crippen molar-refractivity contribution >= 4 is 29.6 Å². The SMILES string of the molecule is CCN1CC(=O)N2[C@@H](CCSC)C(=O)N(Cc3ccc4c(c3)OCO4)C[C@@H]2N1C(=O)NCc1ccccc1. The Bertz CT molecular complexity index is 1180. The van der Waals surface area contributed by atoms with Crippen LogP contribution in [0.1, 0.15) is 24.5 Å². The minimum absolute atomic E-state index is 0.0525. The van der Waals surface area contributed by atoms with Gasteiger partial charge in [0.25, 0.3) is 0 Å². The van der Waals surface area contributed by atoms with Gasteiger partial charge in [0, 0.05) is 19.6 Å². The molecule has 0 spiro atoms. The fourth-order valence-electron chi connectivity index (χ4n) is 5.23. The normalized spacial score (nSPS) is 21.1. The van der Waals surface area contributed by atoms with E-state index in [4.69, 9.17) is 9.47 Å². The maximum Gasteiger partial charge on any atom is 0.334 e. The van der Waals surface area contributed by atoms with Crippen molar-refractivity contribution in [3.05, 3.63) is 59.7 Å². The van der Waals surface area contributed by atoms with Crippen molar-refractivity contribution in [3.8, 4) is 11.5 Å². The lowest BCUT2D eigenvalue weighted by molar-refractivity contribution is -0.190. The molecule has 2 saturated heterocycles. The van der Waals surface area contributed by atoms with E-state index in [0.29, 0.717) is 37.6 Å². The van der Waals surface area contributed by atoms with E-state index in [0.717, 1.165) is 16.9 Å². The average Bonchev–Trinajstić information content (AvgIpc) is 3.40. The number of carbonyl (C=O) groups excluding carboxylic acids is 3. The van der Waals surface area contributed by atoms with Crippen LogP contribution >= 0.6 is 11.8 Å².